The van der Waals surface area contributed by atoms with Gasteiger partial charge in [-0.2, -0.15) is 0 Å². The molecule has 0 radical (unpaired) electrons. The normalized spacial score (nSPS) is 30.8. The van der Waals surface area contributed by atoms with Crippen LogP contribution in [-0.4, -0.2) is 35.2 Å². The predicted molar refractivity (Wildman–Crippen MR) is 68.9 cm³/mol. The van der Waals surface area contributed by atoms with Crippen molar-refractivity contribution in [3.63, 3.8) is 0 Å². The Bertz CT molecular complexity index is 522. The molecule has 5 nitrogen and oxygen atoms in total. The summed E-state index contributed by atoms with van der Waals surface area (Å²) in [5.74, 6) is 1.36. The zero-order valence-electron chi connectivity index (χ0n) is 10.4. The van der Waals surface area contributed by atoms with Crippen molar-refractivity contribution in [3.8, 4) is 0 Å². The summed E-state index contributed by atoms with van der Waals surface area (Å²) in [6.07, 6.45) is 7.07. The molecule has 18 heavy (non-hydrogen) atoms. The summed E-state index contributed by atoms with van der Waals surface area (Å²) in [4.78, 5) is 19.0. The van der Waals surface area contributed by atoms with Gasteiger partial charge in [0.25, 0.3) is 5.56 Å². The third kappa shape index (κ3) is 1.50. The first-order chi connectivity index (χ1) is 8.84. The number of nitrogens with zero attached hydrogens (tertiary/aromatic N) is 3. The summed E-state index contributed by atoms with van der Waals surface area (Å²) in [6.45, 7) is 3.06. The van der Waals surface area contributed by atoms with Crippen LogP contribution in [-0.2, 0) is 0 Å². The molecule has 5 heteroatoms. The van der Waals surface area contributed by atoms with Gasteiger partial charge in [-0.25, -0.2) is 4.98 Å². The van der Waals surface area contributed by atoms with Gasteiger partial charge in [0.15, 0.2) is 5.82 Å². The summed E-state index contributed by atoms with van der Waals surface area (Å²) in [7, 11) is 0. The smallest absolute Gasteiger partial charge is 0.293 e. The number of hydrogen-bond acceptors (Lipinski definition) is 4. The Labute approximate surface area is 106 Å². The number of aromatic nitrogens is 2. The van der Waals surface area contributed by atoms with Gasteiger partial charge in [0, 0.05) is 44.1 Å². The summed E-state index contributed by atoms with van der Waals surface area (Å²) >= 11 is 0. The van der Waals surface area contributed by atoms with Crippen LogP contribution in [0.3, 0.4) is 0 Å². The molecule has 4 rings (SSSR count). The van der Waals surface area contributed by atoms with E-state index in [1.165, 1.54) is 6.42 Å². The Morgan fingerprint density at radius 1 is 1.28 bits per heavy atom. The highest BCUT2D eigenvalue weighted by Crippen LogP contribution is 2.34. The zero-order valence-corrected chi connectivity index (χ0v) is 10.4. The molecule has 1 aromatic heterocycles. The maximum Gasteiger partial charge on any atom is 0.293 e. The first-order valence-electron chi connectivity index (χ1n) is 6.89. The third-order valence-electron chi connectivity index (χ3n) is 4.51. The Morgan fingerprint density at radius 3 is 3.00 bits per heavy atom. The second-order valence-electron chi connectivity index (χ2n) is 5.66. The number of rotatable bonds is 2. The molecule has 0 spiro atoms. The minimum atomic E-state index is 0.104. The molecule has 1 aromatic rings. The van der Waals surface area contributed by atoms with E-state index in [4.69, 9.17) is 0 Å². The van der Waals surface area contributed by atoms with Crippen LogP contribution >= 0.6 is 0 Å². The fraction of sp³-hybridized carbons (Fsp3) is 0.692. The summed E-state index contributed by atoms with van der Waals surface area (Å²) in [6, 6.07) is 0.902. The maximum atomic E-state index is 12.5. The third-order valence-corrected chi connectivity index (χ3v) is 4.51. The number of nitrogens with one attached hydrogen (secondary N) is 1. The molecule has 0 amide bonds. The molecule has 1 N–H and O–H groups in total. The Morgan fingerprint density at radius 2 is 2.17 bits per heavy atom. The summed E-state index contributed by atoms with van der Waals surface area (Å²) < 4.78 is 1.87. The van der Waals surface area contributed by atoms with Crippen LogP contribution in [0.1, 0.15) is 25.3 Å². The van der Waals surface area contributed by atoms with E-state index >= 15 is 0 Å². The van der Waals surface area contributed by atoms with Gasteiger partial charge < -0.3 is 14.8 Å². The molecule has 2 atom stereocenters. The highest BCUT2D eigenvalue weighted by atomic mass is 16.1. The Kier molecular flexibility index (Phi) is 2.24. The van der Waals surface area contributed by atoms with Crippen LogP contribution in [0, 0.1) is 5.92 Å². The molecule has 3 aliphatic rings. The van der Waals surface area contributed by atoms with Crippen LogP contribution in [0.5, 0.6) is 0 Å². The van der Waals surface area contributed by atoms with Crippen LogP contribution < -0.4 is 15.8 Å². The lowest BCUT2D eigenvalue weighted by molar-refractivity contribution is 0.575. The average molecular weight is 246 g/mol. The van der Waals surface area contributed by atoms with E-state index in [0.717, 1.165) is 32.5 Å². The molecule has 3 fully saturated rings. The van der Waals surface area contributed by atoms with E-state index < -0.39 is 0 Å². The van der Waals surface area contributed by atoms with Gasteiger partial charge in [0.2, 0.25) is 0 Å². The van der Waals surface area contributed by atoms with E-state index in [1.54, 1.807) is 6.20 Å². The van der Waals surface area contributed by atoms with E-state index in [0.29, 0.717) is 23.8 Å². The van der Waals surface area contributed by atoms with Gasteiger partial charge in [-0.3, -0.25) is 4.79 Å². The van der Waals surface area contributed by atoms with Crippen LogP contribution in [0.2, 0.25) is 0 Å². The van der Waals surface area contributed by atoms with Crippen LogP contribution in [0.15, 0.2) is 17.2 Å². The first kappa shape index (κ1) is 10.6. The summed E-state index contributed by atoms with van der Waals surface area (Å²) in [5, 5.41) is 3.41. The first-order valence-corrected chi connectivity index (χ1v) is 6.89. The lowest BCUT2D eigenvalue weighted by Gasteiger charge is -2.24. The highest BCUT2D eigenvalue weighted by Gasteiger charge is 2.39. The minimum Gasteiger partial charge on any atom is -0.347 e. The number of fused-ring (bicyclic) bond motifs is 1. The van der Waals surface area contributed by atoms with Gasteiger partial charge in [-0.15, -0.1) is 0 Å². The minimum absolute atomic E-state index is 0.104. The van der Waals surface area contributed by atoms with Crippen molar-refractivity contribution in [1.29, 1.82) is 0 Å². The maximum absolute atomic E-state index is 12.5. The van der Waals surface area contributed by atoms with Crippen molar-refractivity contribution in [2.75, 3.05) is 24.5 Å². The Hall–Kier alpha value is -1.36. The average Bonchev–Trinajstić information content (AvgIpc) is 2.97. The molecule has 96 valence electrons. The largest absolute Gasteiger partial charge is 0.347 e. The fourth-order valence-electron chi connectivity index (χ4n) is 3.36. The monoisotopic (exact) mass is 246 g/mol. The fourth-order valence-corrected chi connectivity index (χ4v) is 3.36. The highest BCUT2D eigenvalue weighted by molar-refractivity contribution is 5.40. The van der Waals surface area contributed by atoms with Crippen molar-refractivity contribution >= 4 is 5.82 Å². The standard InChI is InChI=1S/C13H18N4O/c18-13-12(15-4-6-16(13)10-1-2-10)17-5-3-9-7-14-8-11(9)17/h4,6,9-11,14H,1-3,5,7-8H2/t9-,11+/m0/s1. The quantitative estimate of drug-likeness (QED) is 0.819. The zero-order chi connectivity index (χ0) is 12.1. The predicted octanol–water partition coefficient (Wildman–Crippen LogP) is 0.376. The SMILES string of the molecule is O=c1c(N2CC[C@H]3CNC[C@H]32)nccn1C1CC1. The molecule has 1 saturated carbocycles. The van der Waals surface area contributed by atoms with E-state index in [9.17, 15) is 4.79 Å². The van der Waals surface area contributed by atoms with Gasteiger partial charge in [-0.1, -0.05) is 0 Å². The van der Waals surface area contributed by atoms with Gasteiger partial charge in [-0.05, 0) is 25.2 Å². The lowest BCUT2D eigenvalue weighted by atomic mass is 10.1. The molecular weight excluding hydrogens is 228 g/mol. The van der Waals surface area contributed by atoms with Gasteiger partial charge in [0.05, 0.1) is 0 Å². The molecule has 0 aromatic carbocycles. The van der Waals surface area contributed by atoms with E-state index in [2.05, 4.69) is 15.2 Å². The van der Waals surface area contributed by atoms with Gasteiger partial charge >= 0.3 is 0 Å². The van der Waals surface area contributed by atoms with Crippen molar-refractivity contribution < 1.29 is 0 Å². The van der Waals surface area contributed by atoms with E-state index in [1.807, 2.05) is 10.8 Å². The van der Waals surface area contributed by atoms with Crippen LogP contribution in [0.25, 0.3) is 0 Å². The molecular formula is C13H18N4O. The molecule has 0 unspecified atom stereocenters. The number of anilines is 1. The second-order valence-corrected chi connectivity index (χ2v) is 5.66. The van der Waals surface area contributed by atoms with Gasteiger partial charge in [0.1, 0.15) is 0 Å². The topological polar surface area (TPSA) is 50.2 Å². The van der Waals surface area contributed by atoms with Crippen molar-refractivity contribution in [1.82, 2.24) is 14.9 Å². The van der Waals surface area contributed by atoms with Crippen molar-refractivity contribution in [2.24, 2.45) is 5.92 Å². The Balaban J connectivity index is 1.72. The van der Waals surface area contributed by atoms with Crippen molar-refractivity contribution in [3.05, 3.63) is 22.7 Å². The molecule has 2 saturated heterocycles. The molecule has 2 aliphatic heterocycles. The number of hydrogen-bond donors (Lipinski definition) is 1. The molecule has 3 heterocycles. The second kappa shape index (κ2) is 3.82. The van der Waals surface area contributed by atoms with Crippen molar-refractivity contribution in [2.45, 2.75) is 31.3 Å². The van der Waals surface area contributed by atoms with E-state index in [-0.39, 0.29) is 5.56 Å². The van der Waals surface area contributed by atoms with Crippen LogP contribution in [0.4, 0.5) is 5.82 Å². The molecule has 1 aliphatic carbocycles. The lowest BCUT2D eigenvalue weighted by Crippen LogP contribution is -2.39. The summed E-state index contributed by atoms with van der Waals surface area (Å²) in [5.41, 5.74) is 0.104. The molecule has 0 bridgehead atoms.